The predicted octanol–water partition coefficient (Wildman–Crippen LogP) is 5.97. The van der Waals surface area contributed by atoms with Crippen LogP contribution in [0.5, 0.6) is 0 Å². The van der Waals surface area contributed by atoms with Gasteiger partial charge < -0.3 is 5.32 Å². The summed E-state index contributed by atoms with van der Waals surface area (Å²) < 4.78 is 56.9. The molecule has 0 saturated carbocycles. The topological polar surface area (TPSA) is 113 Å². The van der Waals surface area contributed by atoms with E-state index in [2.05, 4.69) is 10.0 Å². The number of hydrogen-bond donors (Lipinski definition) is 2. The van der Waals surface area contributed by atoms with E-state index in [1.54, 1.807) is 36.4 Å². The van der Waals surface area contributed by atoms with Gasteiger partial charge in [-0.15, -0.1) is 11.8 Å². The number of rotatable bonds is 10. The number of hydrogen-bond acceptors (Lipinski definition) is 6. The molecule has 0 aromatic heterocycles. The quantitative estimate of drug-likeness (QED) is 0.214. The van der Waals surface area contributed by atoms with Crippen molar-refractivity contribution < 1.29 is 21.6 Å². The van der Waals surface area contributed by atoms with Crippen molar-refractivity contribution in [2.45, 2.75) is 35.5 Å². The molecule has 4 aromatic rings. The minimum Gasteiger partial charge on any atom is -0.325 e. The van der Waals surface area contributed by atoms with Gasteiger partial charge in [0.25, 0.3) is 20.0 Å². The molecular formula is C30H31N3O5S3. The van der Waals surface area contributed by atoms with Gasteiger partial charge in [0.1, 0.15) is 6.54 Å². The van der Waals surface area contributed by atoms with Crippen molar-refractivity contribution in [3.05, 3.63) is 108 Å². The molecule has 0 fully saturated rings. The van der Waals surface area contributed by atoms with Gasteiger partial charge in [-0.2, -0.15) is 0 Å². The molecule has 0 spiro atoms. The summed E-state index contributed by atoms with van der Waals surface area (Å²) in [7, 11) is -7.94. The van der Waals surface area contributed by atoms with Crippen molar-refractivity contribution in [3.8, 4) is 0 Å². The van der Waals surface area contributed by atoms with E-state index in [9.17, 15) is 21.6 Å². The molecule has 0 unspecified atom stereocenters. The average molecular weight is 610 g/mol. The van der Waals surface area contributed by atoms with Crippen LogP contribution in [0.15, 0.2) is 106 Å². The maximum absolute atomic E-state index is 13.6. The third-order valence-electron chi connectivity index (χ3n) is 6.42. The van der Waals surface area contributed by atoms with E-state index < -0.39 is 32.5 Å². The van der Waals surface area contributed by atoms with Gasteiger partial charge in [-0.25, -0.2) is 16.8 Å². The third kappa shape index (κ3) is 7.10. The van der Waals surface area contributed by atoms with Crippen LogP contribution in [-0.4, -0.2) is 35.5 Å². The zero-order valence-electron chi connectivity index (χ0n) is 23.1. The largest absolute Gasteiger partial charge is 0.325 e. The number of benzene rings is 4. The van der Waals surface area contributed by atoms with Crippen LogP contribution < -0.4 is 14.3 Å². The first-order chi connectivity index (χ1) is 19.4. The van der Waals surface area contributed by atoms with Crippen molar-refractivity contribution in [1.82, 2.24) is 0 Å². The van der Waals surface area contributed by atoms with E-state index >= 15 is 0 Å². The van der Waals surface area contributed by atoms with Crippen molar-refractivity contribution >= 4 is 54.8 Å². The fourth-order valence-corrected chi connectivity index (χ4v) is 7.15. The number of carbonyl (C=O) groups excluding carboxylic acids is 1. The summed E-state index contributed by atoms with van der Waals surface area (Å²) in [6.07, 6.45) is 1.90. The Morgan fingerprint density at radius 1 is 0.756 bits per heavy atom. The highest BCUT2D eigenvalue weighted by atomic mass is 32.2. The lowest BCUT2D eigenvalue weighted by Crippen LogP contribution is -2.38. The molecule has 1 amide bonds. The Labute approximate surface area is 245 Å². The molecule has 8 nitrogen and oxygen atoms in total. The number of anilines is 3. The summed E-state index contributed by atoms with van der Waals surface area (Å²) in [6.45, 7) is 5.05. The maximum Gasteiger partial charge on any atom is 0.264 e. The first kappa shape index (κ1) is 30.2. The Bertz CT molecular complexity index is 1730. The first-order valence-corrected chi connectivity index (χ1v) is 16.8. The maximum atomic E-state index is 13.6. The van der Waals surface area contributed by atoms with Gasteiger partial charge >= 0.3 is 0 Å². The lowest BCUT2D eigenvalue weighted by Gasteiger charge is -2.24. The smallest absolute Gasteiger partial charge is 0.264 e. The van der Waals surface area contributed by atoms with Crippen LogP contribution in [-0.2, 0) is 24.8 Å². The SMILES string of the molecule is CSc1ccc(S(=O)(=O)N(CC(=O)Nc2ccc(S(=O)(=O)Nc3c(C)cccc3C)cc2)c2ccc(C)cc2)cc1. The van der Waals surface area contributed by atoms with E-state index in [-0.39, 0.29) is 9.79 Å². The number of thioether (sulfide) groups is 1. The van der Waals surface area contributed by atoms with Crippen LogP contribution in [0.3, 0.4) is 0 Å². The Balaban J connectivity index is 1.54. The Morgan fingerprint density at radius 3 is 1.88 bits per heavy atom. The molecule has 41 heavy (non-hydrogen) atoms. The van der Waals surface area contributed by atoms with Crippen molar-refractivity contribution in [1.29, 1.82) is 0 Å². The molecule has 4 aromatic carbocycles. The van der Waals surface area contributed by atoms with Crippen LogP contribution in [0.4, 0.5) is 17.1 Å². The van der Waals surface area contributed by atoms with E-state index in [4.69, 9.17) is 0 Å². The van der Waals surface area contributed by atoms with E-state index in [0.717, 1.165) is 25.9 Å². The zero-order chi connectivity index (χ0) is 29.8. The van der Waals surface area contributed by atoms with Gasteiger partial charge in [0.05, 0.1) is 21.2 Å². The number of nitrogens with one attached hydrogen (secondary N) is 2. The molecular weight excluding hydrogens is 579 g/mol. The van der Waals surface area contributed by atoms with Gasteiger partial charge in [-0.1, -0.05) is 35.9 Å². The average Bonchev–Trinajstić information content (AvgIpc) is 2.94. The van der Waals surface area contributed by atoms with E-state index in [0.29, 0.717) is 17.1 Å². The number of para-hydroxylation sites is 1. The van der Waals surface area contributed by atoms with Gasteiger partial charge in [0, 0.05) is 10.6 Å². The monoisotopic (exact) mass is 609 g/mol. The minimum atomic E-state index is -4.07. The molecule has 11 heteroatoms. The predicted molar refractivity (Wildman–Crippen MR) is 166 cm³/mol. The van der Waals surface area contributed by atoms with Crippen molar-refractivity contribution in [3.63, 3.8) is 0 Å². The number of amides is 1. The molecule has 2 N–H and O–H groups in total. The fraction of sp³-hybridized carbons (Fsp3) is 0.167. The lowest BCUT2D eigenvalue weighted by atomic mass is 10.1. The van der Waals surface area contributed by atoms with Gasteiger partial charge in [0.15, 0.2) is 0 Å². The molecule has 0 radical (unpaired) electrons. The molecule has 0 aliphatic heterocycles. The highest BCUT2D eigenvalue weighted by Crippen LogP contribution is 2.27. The summed E-state index contributed by atoms with van der Waals surface area (Å²) in [5.41, 5.74) is 3.73. The highest BCUT2D eigenvalue weighted by Gasteiger charge is 2.27. The number of carbonyl (C=O) groups is 1. The summed E-state index contributed by atoms with van der Waals surface area (Å²) in [4.78, 5) is 14.1. The van der Waals surface area contributed by atoms with Crippen molar-refractivity contribution in [2.24, 2.45) is 0 Å². The summed E-state index contributed by atoms with van der Waals surface area (Å²) in [5, 5.41) is 2.68. The molecule has 0 aliphatic rings. The highest BCUT2D eigenvalue weighted by molar-refractivity contribution is 7.98. The number of nitrogens with zero attached hydrogens (tertiary/aromatic N) is 1. The third-order valence-corrected chi connectivity index (χ3v) is 10.3. The molecule has 0 saturated heterocycles. The number of sulfonamides is 2. The van der Waals surface area contributed by atoms with Crippen molar-refractivity contribution in [2.75, 3.05) is 27.1 Å². The summed E-state index contributed by atoms with van der Waals surface area (Å²) in [6, 6.07) is 24.5. The summed E-state index contributed by atoms with van der Waals surface area (Å²) in [5.74, 6) is -0.584. The minimum absolute atomic E-state index is 0.0238. The summed E-state index contributed by atoms with van der Waals surface area (Å²) >= 11 is 1.50. The lowest BCUT2D eigenvalue weighted by molar-refractivity contribution is -0.114. The van der Waals surface area contributed by atoms with Gasteiger partial charge in [-0.3, -0.25) is 13.8 Å². The first-order valence-electron chi connectivity index (χ1n) is 12.6. The standard InChI is InChI=1S/C30H31N3O5S3/c1-21-8-12-25(13-9-21)33(41(37,38)28-18-14-26(39-4)15-19-28)20-29(34)31-24-10-16-27(17-11-24)40(35,36)32-30-22(2)6-5-7-23(30)3/h5-19,32H,20H2,1-4H3,(H,31,34). The van der Waals surface area contributed by atoms with E-state index in [1.807, 2.05) is 45.2 Å². The molecule has 0 aliphatic carbocycles. The molecule has 0 atom stereocenters. The Kier molecular flexibility index (Phi) is 9.11. The van der Waals surface area contributed by atoms with Crippen LogP contribution >= 0.6 is 11.8 Å². The van der Waals surface area contributed by atoms with Gasteiger partial charge in [-0.05, 0) is 98.8 Å². The fourth-order valence-electron chi connectivity index (χ4n) is 4.12. The van der Waals surface area contributed by atoms with Crippen LogP contribution in [0.2, 0.25) is 0 Å². The van der Waals surface area contributed by atoms with Crippen LogP contribution in [0, 0.1) is 20.8 Å². The second kappa shape index (κ2) is 12.4. The molecule has 0 bridgehead atoms. The zero-order valence-corrected chi connectivity index (χ0v) is 25.5. The molecule has 4 rings (SSSR count). The van der Waals surface area contributed by atoms with Gasteiger partial charge in [0.2, 0.25) is 5.91 Å². The number of aryl methyl sites for hydroxylation is 3. The molecule has 0 heterocycles. The Morgan fingerprint density at radius 2 is 1.32 bits per heavy atom. The Hall–Kier alpha value is -3.80. The second-order valence-electron chi connectivity index (χ2n) is 9.47. The second-order valence-corrected chi connectivity index (χ2v) is 13.9. The molecule has 214 valence electrons. The van der Waals surface area contributed by atoms with Crippen LogP contribution in [0.1, 0.15) is 16.7 Å². The normalized spacial score (nSPS) is 11.6. The van der Waals surface area contributed by atoms with Crippen LogP contribution in [0.25, 0.3) is 0 Å². The van der Waals surface area contributed by atoms with E-state index in [1.165, 1.54) is 48.2 Å².